The van der Waals surface area contributed by atoms with E-state index in [1.165, 1.54) is 5.06 Å². The monoisotopic (exact) mass is 333 g/mol. The van der Waals surface area contributed by atoms with Gasteiger partial charge in [0.15, 0.2) is 5.78 Å². The average Bonchev–Trinajstić information content (AvgIpc) is 2.42. The van der Waals surface area contributed by atoms with Crippen LogP contribution in [0.5, 0.6) is 0 Å². The first-order valence-corrected chi connectivity index (χ1v) is 8.36. The van der Waals surface area contributed by atoms with Crippen LogP contribution < -0.4 is 0 Å². The van der Waals surface area contributed by atoms with Gasteiger partial charge >= 0.3 is 5.97 Å². The average molecular weight is 333 g/mol. The summed E-state index contributed by atoms with van der Waals surface area (Å²) in [7, 11) is 0. The lowest BCUT2D eigenvalue weighted by Crippen LogP contribution is -2.59. The zero-order valence-electron chi connectivity index (χ0n) is 16.3. The minimum atomic E-state index is -0.921. The second-order valence-corrected chi connectivity index (χ2v) is 8.93. The van der Waals surface area contributed by atoms with E-state index >= 15 is 0 Å². The first-order valence-electron chi connectivity index (χ1n) is 8.36. The van der Waals surface area contributed by atoms with Crippen molar-refractivity contribution in [2.45, 2.75) is 72.9 Å². The number of nitrogens with zero attached hydrogens (tertiary/aromatic N) is 1. The number of rotatable bonds is 5. The van der Waals surface area contributed by atoms with E-state index in [1.807, 2.05) is 61.5 Å². The molecule has 0 unspecified atom stereocenters. The van der Waals surface area contributed by atoms with Gasteiger partial charge in [0.05, 0.1) is 5.56 Å². The minimum Gasteiger partial charge on any atom is -0.362 e. The second kappa shape index (κ2) is 7.06. The molecule has 24 heavy (non-hydrogen) atoms. The maximum absolute atomic E-state index is 12.9. The summed E-state index contributed by atoms with van der Waals surface area (Å²) in [6.45, 7) is 15.5. The van der Waals surface area contributed by atoms with E-state index in [-0.39, 0.29) is 11.2 Å². The van der Waals surface area contributed by atoms with Crippen molar-refractivity contribution in [3.05, 3.63) is 35.9 Å². The van der Waals surface area contributed by atoms with Crippen molar-refractivity contribution in [3.8, 4) is 0 Å². The van der Waals surface area contributed by atoms with Crippen molar-refractivity contribution in [1.82, 2.24) is 5.06 Å². The van der Waals surface area contributed by atoms with Crippen LogP contribution in [-0.4, -0.2) is 27.9 Å². The topological polar surface area (TPSA) is 46.6 Å². The summed E-state index contributed by atoms with van der Waals surface area (Å²) in [6.07, 6.45) is 0.412. The van der Waals surface area contributed by atoms with Gasteiger partial charge in [0.1, 0.15) is 5.54 Å². The molecule has 0 aliphatic heterocycles. The smallest absolute Gasteiger partial charge is 0.357 e. The number of hydroxylamine groups is 2. The van der Waals surface area contributed by atoms with E-state index in [0.29, 0.717) is 12.0 Å². The number of hydrogen-bond donors (Lipinski definition) is 0. The molecule has 0 bridgehead atoms. The molecule has 0 N–H and O–H groups in total. The highest BCUT2D eigenvalue weighted by Gasteiger charge is 2.44. The maximum Gasteiger partial charge on any atom is 0.357 e. The number of carbonyl (C=O) groups is 2. The van der Waals surface area contributed by atoms with E-state index in [0.717, 1.165) is 0 Å². The zero-order valence-corrected chi connectivity index (χ0v) is 16.3. The summed E-state index contributed by atoms with van der Waals surface area (Å²) in [5.41, 5.74) is -1.09. The lowest BCUT2D eigenvalue weighted by atomic mass is 9.82. The highest BCUT2D eigenvalue weighted by Crippen LogP contribution is 2.31. The van der Waals surface area contributed by atoms with Crippen LogP contribution in [0, 0.1) is 5.41 Å². The Bertz CT molecular complexity index is 577. The van der Waals surface area contributed by atoms with Gasteiger partial charge in [-0.05, 0) is 52.2 Å². The summed E-state index contributed by atoms with van der Waals surface area (Å²) in [6, 6.07) is 8.82. The SMILES string of the molecule is CC(C)(C)CC(=O)C(C)(C)N(OC(=O)c1ccccc1)C(C)(C)C. The van der Waals surface area contributed by atoms with Crippen LogP contribution in [0.4, 0.5) is 0 Å². The van der Waals surface area contributed by atoms with Crippen LogP contribution in [0.3, 0.4) is 0 Å². The summed E-state index contributed by atoms with van der Waals surface area (Å²) >= 11 is 0. The van der Waals surface area contributed by atoms with Gasteiger partial charge in [0, 0.05) is 12.0 Å². The van der Waals surface area contributed by atoms with Crippen LogP contribution in [0.15, 0.2) is 30.3 Å². The Balaban J connectivity index is 3.09. The Morgan fingerprint density at radius 1 is 0.917 bits per heavy atom. The molecule has 0 spiro atoms. The van der Waals surface area contributed by atoms with Gasteiger partial charge in [-0.25, -0.2) is 4.79 Å². The highest BCUT2D eigenvalue weighted by molar-refractivity contribution is 5.90. The quantitative estimate of drug-likeness (QED) is 0.736. The molecule has 0 atom stereocenters. The van der Waals surface area contributed by atoms with Crippen LogP contribution in [0.2, 0.25) is 0 Å². The predicted molar refractivity (Wildman–Crippen MR) is 96.6 cm³/mol. The Morgan fingerprint density at radius 3 is 1.83 bits per heavy atom. The van der Waals surface area contributed by atoms with Crippen molar-refractivity contribution in [2.75, 3.05) is 0 Å². The van der Waals surface area contributed by atoms with Gasteiger partial charge in [-0.3, -0.25) is 4.79 Å². The third-order valence-electron chi connectivity index (χ3n) is 3.67. The molecule has 1 aromatic rings. The first-order chi connectivity index (χ1) is 10.7. The fourth-order valence-corrected chi connectivity index (χ4v) is 2.61. The molecule has 0 fully saturated rings. The van der Waals surface area contributed by atoms with E-state index in [1.54, 1.807) is 24.3 Å². The number of Topliss-reactive ketones (excluding diaryl/α,β-unsaturated/α-hetero) is 1. The number of carbonyl (C=O) groups excluding carboxylic acids is 2. The number of hydrogen-bond acceptors (Lipinski definition) is 4. The third-order valence-corrected chi connectivity index (χ3v) is 3.67. The molecule has 0 saturated heterocycles. The largest absolute Gasteiger partial charge is 0.362 e. The molecule has 0 radical (unpaired) electrons. The molecule has 0 heterocycles. The first kappa shape index (κ1) is 20.4. The van der Waals surface area contributed by atoms with Gasteiger partial charge in [-0.2, -0.15) is 0 Å². The lowest BCUT2D eigenvalue weighted by Gasteiger charge is -2.44. The fourth-order valence-electron chi connectivity index (χ4n) is 2.61. The third kappa shape index (κ3) is 5.45. The zero-order chi connectivity index (χ0) is 18.8. The Hall–Kier alpha value is -1.68. The van der Waals surface area contributed by atoms with Gasteiger partial charge in [-0.1, -0.05) is 39.0 Å². The van der Waals surface area contributed by atoms with Crippen LogP contribution in [0.25, 0.3) is 0 Å². The normalized spacial score (nSPS) is 13.0. The number of benzene rings is 1. The van der Waals surface area contributed by atoms with Gasteiger partial charge in [-0.15, -0.1) is 5.06 Å². The summed E-state index contributed by atoms with van der Waals surface area (Å²) in [5, 5.41) is 1.53. The van der Waals surface area contributed by atoms with Crippen molar-refractivity contribution in [2.24, 2.45) is 5.41 Å². The van der Waals surface area contributed by atoms with E-state index in [9.17, 15) is 9.59 Å². The summed E-state index contributed by atoms with van der Waals surface area (Å²) in [4.78, 5) is 31.0. The van der Waals surface area contributed by atoms with Crippen molar-refractivity contribution in [1.29, 1.82) is 0 Å². The lowest BCUT2D eigenvalue weighted by molar-refractivity contribution is -0.217. The number of ketones is 1. The molecule has 4 heteroatoms. The van der Waals surface area contributed by atoms with Crippen molar-refractivity contribution in [3.63, 3.8) is 0 Å². The van der Waals surface area contributed by atoms with E-state index in [2.05, 4.69) is 0 Å². The highest BCUT2D eigenvalue weighted by atomic mass is 16.7. The molecule has 0 amide bonds. The fraction of sp³-hybridized carbons (Fsp3) is 0.600. The van der Waals surface area contributed by atoms with Crippen LogP contribution in [-0.2, 0) is 9.63 Å². The van der Waals surface area contributed by atoms with Crippen LogP contribution in [0.1, 0.15) is 72.2 Å². The molecule has 0 aliphatic rings. The van der Waals surface area contributed by atoms with Gasteiger partial charge in [0.25, 0.3) is 0 Å². The molecule has 0 aliphatic carbocycles. The molecule has 134 valence electrons. The van der Waals surface area contributed by atoms with Gasteiger partial charge in [0.2, 0.25) is 0 Å². The van der Waals surface area contributed by atoms with Crippen molar-refractivity contribution >= 4 is 11.8 Å². The molecule has 1 aromatic carbocycles. The van der Waals surface area contributed by atoms with E-state index < -0.39 is 17.0 Å². The Kier molecular flexibility index (Phi) is 5.99. The predicted octanol–water partition coefficient (Wildman–Crippen LogP) is 4.64. The molecular weight excluding hydrogens is 302 g/mol. The summed E-state index contributed by atoms with van der Waals surface area (Å²) in [5.74, 6) is -0.409. The molecule has 1 rings (SSSR count). The summed E-state index contributed by atoms with van der Waals surface area (Å²) < 4.78 is 0. The van der Waals surface area contributed by atoms with Gasteiger partial charge < -0.3 is 4.84 Å². The standard InChI is InChI=1S/C20H31NO3/c1-18(2,3)14-16(22)20(7,8)21(19(4,5)6)24-17(23)15-12-10-9-11-13-15/h9-13H,14H2,1-8H3. The molecule has 0 aromatic heterocycles. The Morgan fingerprint density at radius 2 is 1.42 bits per heavy atom. The van der Waals surface area contributed by atoms with Crippen LogP contribution >= 0.6 is 0 Å². The van der Waals surface area contributed by atoms with Crippen molar-refractivity contribution < 1.29 is 14.4 Å². The Labute approximate surface area is 146 Å². The molecular formula is C20H31NO3. The van der Waals surface area contributed by atoms with E-state index in [4.69, 9.17) is 4.84 Å². The maximum atomic E-state index is 12.9. The second-order valence-electron chi connectivity index (χ2n) is 8.93. The molecule has 0 saturated carbocycles. The molecule has 4 nitrogen and oxygen atoms in total. The minimum absolute atomic E-state index is 0.0470.